The van der Waals surface area contributed by atoms with Crippen molar-refractivity contribution in [1.82, 2.24) is 20.1 Å². The Balaban J connectivity index is 2.24. The molecule has 1 heterocycles. The molecule has 0 aliphatic carbocycles. The fraction of sp³-hybridized carbons (Fsp3) is 0.467. The number of benzene rings is 1. The lowest BCUT2D eigenvalue weighted by Crippen LogP contribution is -2.25. The van der Waals surface area contributed by atoms with Crippen LogP contribution < -0.4 is 5.32 Å². The molecule has 0 fully saturated rings. The van der Waals surface area contributed by atoms with E-state index in [4.69, 9.17) is 0 Å². The number of aromatic nitrogens is 3. The quantitative estimate of drug-likeness (QED) is 0.739. The smallest absolute Gasteiger partial charge is 0.138 e. The van der Waals surface area contributed by atoms with Crippen LogP contribution in [-0.4, -0.2) is 21.3 Å². The first-order valence-corrected chi connectivity index (χ1v) is 8.79. The summed E-state index contributed by atoms with van der Waals surface area (Å²) in [7, 11) is 0. The zero-order valence-corrected chi connectivity index (χ0v) is 15.5. The molecule has 1 N–H and O–H groups in total. The van der Waals surface area contributed by atoms with Gasteiger partial charge >= 0.3 is 0 Å². The first-order valence-electron chi connectivity index (χ1n) is 7.20. The van der Waals surface area contributed by atoms with Crippen molar-refractivity contribution < 1.29 is 0 Å². The van der Waals surface area contributed by atoms with Gasteiger partial charge in [-0.2, -0.15) is 5.10 Å². The van der Waals surface area contributed by atoms with Gasteiger partial charge in [0.05, 0.1) is 0 Å². The van der Waals surface area contributed by atoms with Gasteiger partial charge in [0, 0.05) is 28.0 Å². The van der Waals surface area contributed by atoms with Crippen LogP contribution in [-0.2, 0) is 13.0 Å². The summed E-state index contributed by atoms with van der Waals surface area (Å²) in [6.07, 6.45) is 3.53. The fourth-order valence-electron chi connectivity index (χ4n) is 2.35. The van der Waals surface area contributed by atoms with Crippen molar-refractivity contribution in [1.29, 1.82) is 0 Å². The molecule has 0 bridgehead atoms. The molecule has 1 atom stereocenters. The molecule has 0 spiro atoms. The molecular formula is C15H20Br2N4. The Hall–Kier alpha value is -0.720. The number of nitrogens with one attached hydrogen (secondary N) is 1. The summed E-state index contributed by atoms with van der Waals surface area (Å²) in [6.45, 7) is 6.10. The number of halogens is 2. The minimum absolute atomic E-state index is 0.220. The summed E-state index contributed by atoms with van der Waals surface area (Å²) in [5, 5.41) is 7.85. The SMILES string of the molecule is CCCn1ncnc1CC(NCC)c1ccc(Br)cc1Br. The molecule has 2 aromatic rings. The number of hydrogen-bond acceptors (Lipinski definition) is 3. The summed E-state index contributed by atoms with van der Waals surface area (Å²) in [5.74, 6) is 1.03. The number of nitrogens with zero attached hydrogens (tertiary/aromatic N) is 3. The summed E-state index contributed by atoms with van der Waals surface area (Å²) < 4.78 is 4.17. The molecule has 0 saturated heterocycles. The van der Waals surface area contributed by atoms with Gasteiger partial charge in [-0.25, -0.2) is 4.98 Å². The van der Waals surface area contributed by atoms with Crippen molar-refractivity contribution in [3.63, 3.8) is 0 Å². The highest BCUT2D eigenvalue weighted by molar-refractivity contribution is 9.11. The molecule has 1 aromatic carbocycles. The lowest BCUT2D eigenvalue weighted by atomic mass is 10.0. The molecule has 0 amide bonds. The third-order valence-electron chi connectivity index (χ3n) is 3.31. The maximum Gasteiger partial charge on any atom is 0.138 e. The molecule has 0 aliphatic heterocycles. The molecule has 21 heavy (non-hydrogen) atoms. The molecule has 0 saturated carbocycles. The predicted molar refractivity (Wildman–Crippen MR) is 92.3 cm³/mol. The van der Waals surface area contributed by atoms with Crippen molar-refractivity contribution in [2.75, 3.05) is 6.54 Å². The second kappa shape index (κ2) is 8.06. The summed E-state index contributed by atoms with van der Waals surface area (Å²) in [5.41, 5.74) is 1.24. The molecule has 114 valence electrons. The zero-order chi connectivity index (χ0) is 15.2. The molecule has 4 nitrogen and oxygen atoms in total. The van der Waals surface area contributed by atoms with Gasteiger partial charge in [0.25, 0.3) is 0 Å². The molecule has 1 aromatic heterocycles. The van der Waals surface area contributed by atoms with Crippen molar-refractivity contribution in [2.24, 2.45) is 0 Å². The number of likely N-dealkylation sites (N-methyl/N-ethyl adjacent to an activating group) is 1. The molecule has 2 rings (SSSR count). The van der Waals surface area contributed by atoms with E-state index in [-0.39, 0.29) is 6.04 Å². The maximum atomic E-state index is 4.42. The van der Waals surface area contributed by atoms with E-state index >= 15 is 0 Å². The largest absolute Gasteiger partial charge is 0.310 e. The van der Waals surface area contributed by atoms with Crippen molar-refractivity contribution in [3.05, 3.63) is 44.9 Å². The van der Waals surface area contributed by atoms with E-state index in [1.165, 1.54) is 5.56 Å². The molecular weight excluding hydrogens is 396 g/mol. The minimum atomic E-state index is 0.220. The van der Waals surface area contributed by atoms with E-state index in [1.54, 1.807) is 6.33 Å². The Morgan fingerprint density at radius 1 is 1.29 bits per heavy atom. The van der Waals surface area contributed by atoms with Crippen LogP contribution in [0.1, 0.15) is 37.7 Å². The normalized spacial score (nSPS) is 12.6. The predicted octanol–water partition coefficient (Wildman–Crippen LogP) is 4.11. The highest BCUT2D eigenvalue weighted by Crippen LogP contribution is 2.28. The Morgan fingerprint density at radius 2 is 2.10 bits per heavy atom. The first-order chi connectivity index (χ1) is 10.2. The van der Waals surface area contributed by atoms with Gasteiger partial charge in [-0.15, -0.1) is 0 Å². The summed E-state index contributed by atoms with van der Waals surface area (Å²) in [6, 6.07) is 6.51. The van der Waals surface area contributed by atoms with Gasteiger partial charge in [-0.1, -0.05) is 51.8 Å². The highest BCUT2D eigenvalue weighted by Gasteiger charge is 2.17. The number of aryl methyl sites for hydroxylation is 1. The second-order valence-corrected chi connectivity index (χ2v) is 6.65. The Kier molecular flexibility index (Phi) is 6.39. The standard InChI is InChI=1S/C15H20Br2N4/c1-3-7-21-15(19-10-20-21)9-14(18-4-2)12-6-5-11(16)8-13(12)17/h5-6,8,10,14,18H,3-4,7,9H2,1-2H3. The van der Waals surface area contributed by atoms with E-state index in [1.807, 2.05) is 4.68 Å². The molecule has 1 unspecified atom stereocenters. The van der Waals surface area contributed by atoms with Crippen LogP contribution in [0.5, 0.6) is 0 Å². The van der Waals surface area contributed by atoms with Gasteiger partial charge < -0.3 is 5.32 Å². The van der Waals surface area contributed by atoms with Gasteiger partial charge in [-0.05, 0) is 30.7 Å². The maximum absolute atomic E-state index is 4.42. The Bertz CT molecular complexity index is 583. The fourth-order valence-corrected chi connectivity index (χ4v) is 3.67. The van der Waals surface area contributed by atoms with E-state index in [2.05, 4.69) is 79.3 Å². The highest BCUT2D eigenvalue weighted by atomic mass is 79.9. The zero-order valence-electron chi connectivity index (χ0n) is 12.3. The molecule has 0 aliphatic rings. The number of hydrogen-bond donors (Lipinski definition) is 1. The van der Waals surface area contributed by atoms with E-state index in [0.29, 0.717) is 0 Å². The third kappa shape index (κ3) is 4.37. The Labute approximate surface area is 142 Å². The number of rotatable bonds is 7. The second-order valence-electron chi connectivity index (χ2n) is 4.88. The summed E-state index contributed by atoms with van der Waals surface area (Å²) in [4.78, 5) is 4.42. The minimum Gasteiger partial charge on any atom is -0.310 e. The molecule has 0 radical (unpaired) electrons. The lowest BCUT2D eigenvalue weighted by molar-refractivity contribution is 0.497. The van der Waals surface area contributed by atoms with Gasteiger partial charge in [-0.3, -0.25) is 4.68 Å². The van der Waals surface area contributed by atoms with E-state index in [0.717, 1.165) is 40.7 Å². The van der Waals surface area contributed by atoms with Crippen LogP contribution in [0.2, 0.25) is 0 Å². The van der Waals surface area contributed by atoms with E-state index in [9.17, 15) is 0 Å². The van der Waals surface area contributed by atoms with E-state index < -0.39 is 0 Å². The lowest BCUT2D eigenvalue weighted by Gasteiger charge is -2.20. The molecule has 6 heteroatoms. The van der Waals surface area contributed by atoms with Crippen LogP contribution in [0.15, 0.2) is 33.5 Å². The van der Waals surface area contributed by atoms with Crippen LogP contribution in [0.3, 0.4) is 0 Å². The third-order valence-corrected chi connectivity index (χ3v) is 4.49. The van der Waals surface area contributed by atoms with Gasteiger partial charge in [0.2, 0.25) is 0 Å². The Morgan fingerprint density at radius 3 is 2.76 bits per heavy atom. The van der Waals surface area contributed by atoms with Gasteiger partial charge in [0.1, 0.15) is 12.2 Å². The van der Waals surface area contributed by atoms with Crippen LogP contribution in [0, 0.1) is 0 Å². The van der Waals surface area contributed by atoms with Crippen LogP contribution in [0.25, 0.3) is 0 Å². The first kappa shape index (κ1) is 16.6. The van der Waals surface area contributed by atoms with Crippen molar-refractivity contribution >= 4 is 31.9 Å². The summed E-state index contributed by atoms with van der Waals surface area (Å²) >= 11 is 7.16. The van der Waals surface area contributed by atoms with Crippen LogP contribution in [0.4, 0.5) is 0 Å². The average Bonchev–Trinajstić information content (AvgIpc) is 2.86. The topological polar surface area (TPSA) is 42.7 Å². The van der Waals surface area contributed by atoms with Crippen molar-refractivity contribution in [3.8, 4) is 0 Å². The van der Waals surface area contributed by atoms with Gasteiger partial charge in [0.15, 0.2) is 0 Å². The van der Waals surface area contributed by atoms with Crippen molar-refractivity contribution in [2.45, 2.75) is 39.3 Å². The monoisotopic (exact) mass is 414 g/mol. The van der Waals surface area contributed by atoms with Crippen LogP contribution >= 0.6 is 31.9 Å². The average molecular weight is 416 g/mol.